The number of anilines is 1. The van der Waals surface area contributed by atoms with Gasteiger partial charge in [-0.05, 0) is 62.2 Å². The second-order valence-corrected chi connectivity index (χ2v) is 13.5. The SMILES string of the molecule is COc1ccc(Cl)cc1N(CC(=O)N(Cc1c(Cl)cccc1Cl)[C@@H](C)C(=O)NC1CCCCC1)S(=O)(=O)c1ccccc1. The third-order valence-corrected chi connectivity index (χ3v) is 10.2. The molecule has 1 aliphatic rings. The number of halogens is 3. The predicted molar refractivity (Wildman–Crippen MR) is 170 cm³/mol. The third kappa shape index (κ3) is 7.95. The molecule has 2 amide bonds. The number of hydrogen-bond acceptors (Lipinski definition) is 5. The highest BCUT2D eigenvalue weighted by Gasteiger charge is 2.35. The Labute approximate surface area is 267 Å². The molecule has 0 bridgehead atoms. The summed E-state index contributed by atoms with van der Waals surface area (Å²) in [6, 6.07) is 16.2. The van der Waals surface area contributed by atoms with Crippen LogP contribution in [0.25, 0.3) is 0 Å². The lowest BCUT2D eigenvalue weighted by Gasteiger charge is -2.34. The summed E-state index contributed by atoms with van der Waals surface area (Å²) in [5, 5.41) is 3.94. The number of amides is 2. The molecule has 1 fully saturated rings. The van der Waals surface area contributed by atoms with Gasteiger partial charge in [-0.2, -0.15) is 0 Å². The molecule has 1 atom stereocenters. The van der Waals surface area contributed by atoms with Crippen molar-refractivity contribution in [1.82, 2.24) is 10.2 Å². The Balaban J connectivity index is 1.75. The molecule has 0 aromatic heterocycles. The number of carbonyl (C=O) groups is 2. The van der Waals surface area contributed by atoms with E-state index >= 15 is 0 Å². The fourth-order valence-corrected chi connectivity index (χ4v) is 7.22. The minimum atomic E-state index is -4.30. The van der Waals surface area contributed by atoms with Gasteiger partial charge in [0.15, 0.2) is 0 Å². The first-order chi connectivity index (χ1) is 20.5. The molecule has 230 valence electrons. The van der Waals surface area contributed by atoms with E-state index < -0.39 is 28.5 Å². The normalized spacial score (nSPS) is 14.5. The van der Waals surface area contributed by atoms with Crippen LogP contribution in [-0.2, 0) is 26.2 Å². The van der Waals surface area contributed by atoms with Crippen LogP contribution in [0.15, 0.2) is 71.6 Å². The third-order valence-electron chi connectivity index (χ3n) is 7.53. The van der Waals surface area contributed by atoms with E-state index in [2.05, 4.69) is 5.32 Å². The lowest BCUT2D eigenvalue weighted by molar-refractivity contribution is -0.139. The summed E-state index contributed by atoms with van der Waals surface area (Å²) in [7, 11) is -2.90. The number of benzene rings is 3. The van der Waals surface area contributed by atoms with Gasteiger partial charge in [-0.1, -0.05) is 78.3 Å². The van der Waals surface area contributed by atoms with Crippen LogP contribution in [0.5, 0.6) is 5.75 Å². The molecular formula is C31H34Cl3N3O5S. The van der Waals surface area contributed by atoms with E-state index in [-0.39, 0.29) is 39.8 Å². The van der Waals surface area contributed by atoms with Crippen molar-refractivity contribution in [2.24, 2.45) is 0 Å². The van der Waals surface area contributed by atoms with Gasteiger partial charge in [0, 0.05) is 33.2 Å². The molecule has 43 heavy (non-hydrogen) atoms. The topological polar surface area (TPSA) is 96.0 Å². The van der Waals surface area contributed by atoms with Gasteiger partial charge in [0.1, 0.15) is 18.3 Å². The van der Waals surface area contributed by atoms with E-state index in [4.69, 9.17) is 39.5 Å². The Morgan fingerprint density at radius 1 is 0.953 bits per heavy atom. The first kappa shape index (κ1) is 32.9. The molecule has 0 heterocycles. The van der Waals surface area contributed by atoms with Crippen LogP contribution in [0, 0.1) is 0 Å². The molecule has 12 heteroatoms. The van der Waals surface area contributed by atoms with Crippen LogP contribution < -0.4 is 14.4 Å². The molecule has 3 aromatic carbocycles. The number of nitrogens with one attached hydrogen (secondary N) is 1. The predicted octanol–water partition coefficient (Wildman–Crippen LogP) is 6.72. The van der Waals surface area contributed by atoms with Crippen molar-refractivity contribution in [3.63, 3.8) is 0 Å². The highest BCUT2D eigenvalue weighted by atomic mass is 35.5. The maximum absolute atomic E-state index is 14.2. The highest BCUT2D eigenvalue weighted by Crippen LogP contribution is 2.35. The Hall–Kier alpha value is -2.98. The van der Waals surface area contributed by atoms with E-state index in [0.717, 1.165) is 36.4 Å². The smallest absolute Gasteiger partial charge is 0.264 e. The Morgan fingerprint density at radius 2 is 1.60 bits per heavy atom. The average molecular weight is 667 g/mol. The Morgan fingerprint density at radius 3 is 2.23 bits per heavy atom. The standard InChI is InChI=1S/C31H34Cl3N3O5S/c1-21(31(39)35-23-10-5-3-6-11-23)36(19-25-26(33)14-9-15-27(25)34)30(38)20-37(28-18-22(32)16-17-29(28)42-2)43(40,41)24-12-7-4-8-13-24/h4,7-9,12-18,21,23H,3,5-6,10-11,19-20H2,1-2H3,(H,35,39)/t21-/m0/s1. The van der Waals surface area contributed by atoms with E-state index in [1.807, 2.05) is 0 Å². The second-order valence-electron chi connectivity index (χ2n) is 10.4. The quantitative estimate of drug-likeness (QED) is 0.245. The zero-order valence-corrected chi connectivity index (χ0v) is 27.0. The van der Waals surface area contributed by atoms with Crippen molar-refractivity contribution >= 4 is 62.3 Å². The zero-order chi connectivity index (χ0) is 31.1. The van der Waals surface area contributed by atoms with Crippen LogP contribution in [0.4, 0.5) is 5.69 Å². The summed E-state index contributed by atoms with van der Waals surface area (Å²) in [5.74, 6) is -0.800. The number of hydrogen-bond donors (Lipinski definition) is 1. The van der Waals surface area contributed by atoms with Gasteiger partial charge >= 0.3 is 0 Å². The van der Waals surface area contributed by atoms with Crippen molar-refractivity contribution in [3.05, 3.63) is 87.4 Å². The molecule has 0 radical (unpaired) electrons. The summed E-state index contributed by atoms with van der Waals surface area (Å²) >= 11 is 19.2. The molecule has 0 spiro atoms. The number of carbonyl (C=O) groups excluding carboxylic acids is 2. The van der Waals surface area contributed by atoms with Crippen LogP contribution >= 0.6 is 34.8 Å². The average Bonchev–Trinajstić information content (AvgIpc) is 3.00. The molecule has 1 saturated carbocycles. The first-order valence-electron chi connectivity index (χ1n) is 14.0. The van der Waals surface area contributed by atoms with Crippen LogP contribution in [0.2, 0.25) is 15.1 Å². The van der Waals surface area contributed by atoms with Crippen LogP contribution in [0.1, 0.15) is 44.6 Å². The van der Waals surface area contributed by atoms with Crippen molar-refractivity contribution in [1.29, 1.82) is 0 Å². The number of rotatable bonds is 11. The number of ether oxygens (including phenoxy) is 1. The van der Waals surface area contributed by atoms with Crippen LogP contribution in [0.3, 0.4) is 0 Å². The minimum Gasteiger partial charge on any atom is -0.495 e. The van der Waals surface area contributed by atoms with Crippen molar-refractivity contribution in [2.45, 2.75) is 62.6 Å². The van der Waals surface area contributed by atoms with Gasteiger partial charge < -0.3 is 15.0 Å². The summed E-state index contributed by atoms with van der Waals surface area (Å²) in [6.45, 7) is 0.830. The molecule has 1 aliphatic carbocycles. The zero-order valence-electron chi connectivity index (χ0n) is 23.9. The highest BCUT2D eigenvalue weighted by molar-refractivity contribution is 7.92. The second kappa shape index (κ2) is 14.7. The molecule has 0 saturated heterocycles. The van der Waals surface area contributed by atoms with Gasteiger partial charge in [0.25, 0.3) is 10.0 Å². The van der Waals surface area contributed by atoms with E-state index in [1.165, 1.54) is 36.3 Å². The van der Waals surface area contributed by atoms with E-state index in [9.17, 15) is 18.0 Å². The number of nitrogens with zero attached hydrogens (tertiary/aromatic N) is 2. The molecule has 3 aromatic rings. The van der Waals surface area contributed by atoms with Gasteiger partial charge in [-0.3, -0.25) is 13.9 Å². The summed E-state index contributed by atoms with van der Waals surface area (Å²) < 4.78 is 34.5. The monoisotopic (exact) mass is 665 g/mol. The lowest BCUT2D eigenvalue weighted by atomic mass is 9.95. The van der Waals surface area contributed by atoms with Crippen molar-refractivity contribution < 1.29 is 22.7 Å². The fourth-order valence-electron chi connectivity index (χ4n) is 5.10. The van der Waals surface area contributed by atoms with Crippen molar-refractivity contribution in [2.75, 3.05) is 18.0 Å². The summed E-state index contributed by atoms with van der Waals surface area (Å²) in [4.78, 5) is 29.0. The van der Waals surface area contributed by atoms with Gasteiger partial charge in [0.2, 0.25) is 11.8 Å². The van der Waals surface area contributed by atoms with E-state index in [1.54, 1.807) is 49.4 Å². The maximum atomic E-state index is 14.2. The summed E-state index contributed by atoms with van der Waals surface area (Å²) in [5.41, 5.74) is 0.511. The largest absolute Gasteiger partial charge is 0.495 e. The molecule has 0 aliphatic heterocycles. The Kier molecular flexibility index (Phi) is 11.2. The summed E-state index contributed by atoms with van der Waals surface area (Å²) in [6.07, 6.45) is 4.88. The number of sulfonamides is 1. The molecule has 8 nitrogen and oxygen atoms in total. The fraction of sp³-hybridized carbons (Fsp3) is 0.355. The molecule has 1 N–H and O–H groups in total. The minimum absolute atomic E-state index is 0.00947. The van der Waals surface area contributed by atoms with Gasteiger partial charge in [0.05, 0.1) is 17.7 Å². The number of methoxy groups -OCH3 is 1. The molecule has 4 rings (SSSR count). The Bertz CT molecular complexity index is 1530. The first-order valence-corrected chi connectivity index (χ1v) is 16.5. The van der Waals surface area contributed by atoms with Gasteiger partial charge in [-0.25, -0.2) is 8.42 Å². The van der Waals surface area contributed by atoms with Crippen molar-refractivity contribution in [3.8, 4) is 5.75 Å². The van der Waals surface area contributed by atoms with Crippen LogP contribution in [-0.4, -0.2) is 50.9 Å². The molecule has 0 unspecified atom stereocenters. The lowest BCUT2D eigenvalue weighted by Crippen LogP contribution is -2.53. The van der Waals surface area contributed by atoms with Gasteiger partial charge in [-0.15, -0.1) is 0 Å². The maximum Gasteiger partial charge on any atom is 0.264 e. The molecular weight excluding hydrogens is 633 g/mol. The van der Waals surface area contributed by atoms with E-state index in [0.29, 0.717) is 15.6 Å².